The Hall–Kier alpha value is -0.780. The van der Waals surface area contributed by atoms with Crippen molar-refractivity contribution < 1.29 is 9.53 Å². The summed E-state index contributed by atoms with van der Waals surface area (Å²) in [5.41, 5.74) is 1.04. The average molecular weight is 387 g/mol. The molecular formula is C16H22INO2. The zero-order chi connectivity index (χ0) is 14.2. The largest absolute Gasteiger partial charge is 0.445 e. The van der Waals surface area contributed by atoms with Crippen LogP contribution in [0.15, 0.2) is 30.3 Å². The summed E-state index contributed by atoms with van der Waals surface area (Å²) in [7, 11) is 0. The molecule has 0 saturated carbocycles. The van der Waals surface area contributed by atoms with E-state index in [-0.39, 0.29) is 6.09 Å². The highest BCUT2D eigenvalue weighted by Gasteiger charge is 2.24. The molecule has 1 amide bonds. The second kappa shape index (κ2) is 8.49. The Bertz CT molecular complexity index is 410. The fourth-order valence-electron chi connectivity index (χ4n) is 2.64. The molecule has 110 valence electrons. The summed E-state index contributed by atoms with van der Waals surface area (Å²) < 4.78 is 6.61. The Kier molecular flexibility index (Phi) is 6.63. The molecule has 1 heterocycles. The summed E-state index contributed by atoms with van der Waals surface area (Å²) in [4.78, 5) is 14.0. The highest BCUT2D eigenvalue weighted by atomic mass is 127. The summed E-state index contributed by atoms with van der Waals surface area (Å²) in [5.74, 6) is 0.655. The molecule has 1 saturated heterocycles. The fourth-order valence-corrected chi connectivity index (χ4v) is 3.08. The molecule has 1 aromatic rings. The third-order valence-corrected chi connectivity index (χ3v) is 4.49. The quantitative estimate of drug-likeness (QED) is 0.559. The molecule has 1 atom stereocenters. The topological polar surface area (TPSA) is 29.5 Å². The van der Waals surface area contributed by atoms with Gasteiger partial charge in [0.25, 0.3) is 0 Å². The van der Waals surface area contributed by atoms with Crippen molar-refractivity contribution in [3.8, 4) is 0 Å². The molecule has 0 spiro atoms. The van der Waals surface area contributed by atoms with E-state index < -0.39 is 0 Å². The SMILES string of the molecule is O=C(OCc1ccccc1)N1CCC[C@@H](CCCI)C1. The predicted molar refractivity (Wildman–Crippen MR) is 89.0 cm³/mol. The Morgan fingerprint density at radius 2 is 2.15 bits per heavy atom. The van der Waals surface area contributed by atoms with Gasteiger partial charge in [0.15, 0.2) is 0 Å². The molecule has 20 heavy (non-hydrogen) atoms. The number of likely N-dealkylation sites (tertiary alicyclic amines) is 1. The first kappa shape index (κ1) is 15.6. The van der Waals surface area contributed by atoms with Gasteiger partial charge in [-0.05, 0) is 41.6 Å². The van der Waals surface area contributed by atoms with Crippen LogP contribution in [0.2, 0.25) is 0 Å². The van der Waals surface area contributed by atoms with E-state index >= 15 is 0 Å². The normalized spacial score (nSPS) is 18.9. The van der Waals surface area contributed by atoms with E-state index in [0.717, 1.165) is 25.1 Å². The number of hydrogen-bond acceptors (Lipinski definition) is 2. The van der Waals surface area contributed by atoms with Gasteiger partial charge in [-0.15, -0.1) is 0 Å². The fraction of sp³-hybridized carbons (Fsp3) is 0.562. The Morgan fingerprint density at radius 3 is 2.90 bits per heavy atom. The van der Waals surface area contributed by atoms with E-state index in [1.54, 1.807) is 0 Å². The van der Waals surface area contributed by atoms with Crippen molar-refractivity contribution in [1.29, 1.82) is 0 Å². The molecule has 0 N–H and O–H groups in total. The molecule has 0 aromatic heterocycles. The number of halogens is 1. The number of benzene rings is 1. The summed E-state index contributed by atoms with van der Waals surface area (Å²) in [6, 6.07) is 9.85. The molecule has 0 unspecified atom stereocenters. The molecule has 0 aliphatic carbocycles. The number of amides is 1. The second-order valence-electron chi connectivity index (χ2n) is 5.33. The molecule has 4 heteroatoms. The van der Waals surface area contributed by atoms with Crippen LogP contribution in [0.1, 0.15) is 31.2 Å². The monoisotopic (exact) mass is 387 g/mol. The highest BCUT2D eigenvalue weighted by Crippen LogP contribution is 2.22. The molecule has 0 bridgehead atoms. The lowest BCUT2D eigenvalue weighted by Gasteiger charge is -2.32. The van der Waals surface area contributed by atoms with Gasteiger partial charge in [-0.3, -0.25) is 0 Å². The summed E-state index contributed by atoms with van der Waals surface area (Å²) in [6.07, 6.45) is 4.67. The van der Waals surface area contributed by atoms with Gasteiger partial charge >= 0.3 is 6.09 Å². The van der Waals surface area contributed by atoms with Crippen LogP contribution >= 0.6 is 22.6 Å². The third kappa shape index (κ3) is 4.96. The zero-order valence-corrected chi connectivity index (χ0v) is 13.9. The Balaban J connectivity index is 1.77. The minimum atomic E-state index is -0.159. The standard InChI is InChI=1S/C16H22INO2/c17-10-4-8-14-9-5-11-18(12-14)16(19)20-13-15-6-2-1-3-7-15/h1-3,6-7,14H,4-5,8-13H2/t14-/m1/s1. The van der Waals surface area contributed by atoms with E-state index in [1.165, 1.54) is 23.7 Å². The number of piperidine rings is 1. The van der Waals surface area contributed by atoms with E-state index in [2.05, 4.69) is 22.6 Å². The van der Waals surface area contributed by atoms with E-state index in [9.17, 15) is 4.79 Å². The molecule has 0 radical (unpaired) electrons. The van der Waals surface area contributed by atoms with Gasteiger partial charge in [0, 0.05) is 13.1 Å². The van der Waals surface area contributed by atoms with Crippen molar-refractivity contribution in [2.24, 2.45) is 5.92 Å². The van der Waals surface area contributed by atoms with Gasteiger partial charge in [-0.1, -0.05) is 52.9 Å². The minimum absolute atomic E-state index is 0.159. The number of hydrogen-bond donors (Lipinski definition) is 0. The smallest absolute Gasteiger partial charge is 0.410 e. The average Bonchev–Trinajstić information content (AvgIpc) is 2.52. The maximum absolute atomic E-state index is 12.1. The third-order valence-electron chi connectivity index (χ3n) is 3.73. The van der Waals surface area contributed by atoms with Crippen molar-refractivity contribution in [2.75, 3.05) is 17.5 Å². The van der Waals surface area contributed by atoms with E-state index in [0.29, 0.717) is 12.5 Å². The molecular weight excluding hydrogens is 365 g/mol. The van der Waals surface area contributed by atoms with Gasteiger partial charge in [0.2, 0.25) is 0 Å². The molecule has 1 fully saturated rings. The number of carbonyl (C=O) groups is 1. The first-order chi connectivity index (χ1) is 9.79. The van der Waals surface area contributed by atoms with Crippen molar-refractivity contribution in [2.45, 2.75) is 32.3 Å². The Morgan fingerprint density at radius 1 is 1.35 bits per heavy atom. The molecule has 1 aliphatic rings. The lowest BCUT2D eigenvalue weighted by molar-refractivity contribution is 0.0780. The van der Waals surface area contributed by atoms with Gasteiger partial charge in [0.05, 0.1) is 0 Å². The van der Waals surface area contributed by atoms with Crippen molar-refractivity contribution in [3.63, 3.8) is 0 Å². The van der Waals surface area contributed by atoms with Crippen LogP contribution in [0.4, 0.5) is 4.79 Å². The minimum Gasteiger partial charge on any atom is -0.445 e. The van der Waals surface area contributed by atoms with Crippen molar-refractivity contribution in [1.82, 2.24) is 4.90 Å². The van der Waals surface area contributed by atoms with Crippen LogP contribution in [0.25, 0.3) is 0 Å². The number of ether oxygens (including phenoxy) is 1. The molecule has 3 nitrogen and oxygen atoms in total. The van der Waals surface area contributed by atoms with Crippen LogP contribution in [0.5, 0.6) is 0 Å². The van der Waals surface area contributed by atoms with Crippen LogP contribution in [0.3, 0.4) is 0 Å². The van der Waals surface area contributed by atoms with Crippen LogP contribution in [-0.2, 0) is 11.3 Å². The number of carbonyl (C=O) groups excluding carboxylic acids is 1. The van der Waals surface area contributed by atoms with Gasteiger partial charge in [-0.2, -0.15) is 0 Å². The first-order valence-electron chi connectivity index (χ1n) is 7.31. The van der Waals surface area contributed by atoms with Gasteiger partial charge in [0.1, 0.15) is 6.61 Å². The maximum Gasteiger partial charge on any atom is 0.410 e. The lowest BCUT2D eigenvalue weighted by atomic mass is 9.94. The molecule has 2 rings (SSSR count). The van der Waals surface area contributed by atoms with Crippen LogP contribution in [0, 0.1) is 5.92 Å². The summed E-state index contributed by atoms with van der Waals surface area (Å²) >= 11 is 2.42. The van der Waals surface area contributed by atoms with Crippen molar-refractivity contribution >= 4 is 28.7 Å². The van der Waals surface area contributed by atoms with E-state index in [4.69, 9.17) is 4.74 Å². The maximum atomic E-state index is 12.1. The van der Waals surface area contributed by atoms with Crippen LogP contribution < -0.4 is 0 Å². The van der Waals surface area contributed by atoms with Crippen LogP contribution in [-0.4, -0.2) is 28.5 Å². The van der Waals surface area contributed by atoms with Crippen molar-refractivity contribution in [3.05, 3.63) is 35.9 Å². The van der Waals surface area contributed by atoms with Gasteiger partial charge in [-0.25, -0.2) is 4.79 Å². The second-order valence-corrected chi connectivity index (χ2v) is 6.40. The molecule has 1 aromatic carbocycles. The highest BCUT2D eigenvalue weighted by molar-refractivity contribution is 14.1. The Labute approximate surface area is 134 Å². The number of nitrogens with zero attached hydrogens (tertiary/aromatic N) is 1. The first-order valence-corrected chi connectivity index (χ1v) is 8.83. The summed E-state index contributed by atoms with van der Waals surface area (Å²) in [6.45, 7) is 2.08. The molecule has 1 aliphatic heterocycles. The summed E-state index contributed by atoms with van der Waals surface area (Å²) in [5, 5.41) is 0. The predicted octanol–water partition coefficient (Wildman–Crippen LogP) is 4.25. The lowest BCUT2D eigenvalue weighted by Crippen LogP contribution is -2.40. The number of alkyl halides is 1. The zero-order valence-electron chi connectivity index (χ0n) is 11.8. The number of rotatable bonds is 5. The van der Waals surface area contributed by atoms with Gasteiger partial charge < -0.3 is 9.64 Å². The van der Waals surface area contributed by atoms with E-state index in [1.807, 2.05) is 35.2 Å².